The molecule has 9 nitrogen and oxygen atoms in total. The number of hydrogen-bond donors (Lipinski definition) is 2. The first-order valence-electron chi connectivity index (χ1n) is 13.6. The second-order valence-corrected chi connectivity index (χ2v) is 9.80. The Morgan fingerprint density at radius 3 is 1.90 bits per heavy atom. The van der Waals surface area contributed by atoms with Crippen molar-refractivity contribution >= 4 is 29.1 Å². The van der Waals surface area contributed by atoms with E-state index in [1.165, 1.54) is 16.7 Å². The number of benzene rings is 3. The van der Waals surface area contributed by atoms with Crippen LogP contribution in [0.4, 0.5) is 0 Å². The lowest BCUT2D eigenvalue weighted by atomic mass is 9.88. The molecule has 0 saturated heterocycles. The Bertz CT molecular complexity index is 1360. The van der Waals surface area contributed by atoms with Gasteiger partial charge in [-0.25, -0.2) is 4.79 Å². The van der Waals surface area contributed by atoms with Crippen LogP contribution in [0, 0.1) is 0 Å². The molecule has 222 valence electrons. The van der Waals surface area contributed by atoms with Crippen LogP contribution in [0.2, 0.25) is 0 Å². The number of nitrogens with zero attached hydrogens (tertiary/aromatic N) is 1. The molecule has 0 fully saturated rings. The molecule has 0 heterocycles. The summed E-state index contributed by atoms with van der Waals surface area (Å²) in [5.41, 5.74) is 3.20. The second kappa shape index (κ2) is 15.5. The zero-order valence-electron chi connectivity index (χ0n) is 24.1. The van der Waals surface area contributed by atoms with Crippen LogP contribution >= 0.6 is 0 Å². The summed E-state index contributed by atoms with van der Waals surface area (Å²) in [7, 11) is 2.76. The Hall–Kier alpha value is -4.47. The minimum atomic E-state index is -2.60. The Balaban J connectivity index is 1.59. The molecule has 3 aromatic carbocycles. The fourth-order valence-corrected chi connectivity index (χ4v) is 4.38. The largest absolute Gasteiger partial charge is 0.492 e. The number of ether oxygens (including phenoxy) is 3. The average molecular weight is 576 g/mol. The molecule has 0 radical (unpaired) electrons. The maximum absolute atomic E-state index is 12.1. The molecule has 0 aliphatic carbocycles. The smallest absolute Gasteiger partial charge is 0.336 e. The van der Waals surface area contributed by atoms with E-state index in [1.54, 1.807) is 11.9 Å². The third kappa shape index (κ3) is 9.02. The molecule has 0 aromatic heterocycles. The monoisotopic (exact) mass is 575 g/mol. The molecule has 0 spiro atoms. The van der Waals surface area contributed by atoms with Crippen molar-refractivity contribution in [2.24, 2.45) is 0 Å². The molecular formula is C33H37NO8. The van der Waals surface area contributed by atoms with E-state index in [0.717, 1.165) is 24.7 Å². The van der Waals surface area contributed by atoms with Crippen molar-refractivity contribution < 1.29 is 38.8 Å². The zero-order chi connectivity index (χ0) is 30.5. The van der Waals surface area contributed by atoms with E-state index < -0.39 is 36.4 Å². The number of esters is 2. The molecule has 2 N–H and O–H groups in total. The minimum absolute atomic E-state index is 0.153. The molecular weight excluding hydrogens is 538 g/mol. The molecule has 3 aromatic rings. The molecule has 1 atom stereocenters. The van der Waals surface area contributed by atoms with Gasteiger partial charge in [0.2, 0.25) is 0 Å². The SMILES string of the molecule is CC/C(=C(\c1ccccc1)c1ccc(OCCN(C)COC(=O)CC(O)(CC(=O)OC)C(=O)O)cc1)c1ccccc1. The topological polar surface area (TPSA) is 123 Å². The number of aliphatic carboxylic acids is 1. The van der Waals surface area contributed by atoms with Crippen LogP contribution in [0.3, 0.4) is 0 Å². The third-order valence-corrected chi connectivity index (χ3v) is 6.67. The summed E-state index contributed by atoms with van der Waals surface area (Å²) in [5.74, 6) is -2.95. The summed E-state index contributed by atoms with van der Waals surface area (Å²) in [6, 6.07) is 28.6. The fraction of sp³-hybridized carbons (Fsp3) is 0.303. The van der Waals surface area contributed by atoms with Crippen molar-refractivity contribution in [3.8, 4) is 5.75 Å². The van der Waals surface area contributed by atoms with Gasteiger partial charge in [0.25, 0.3) is 0 Å². The van der Waals surface area contributed by atoms with Gasteiger partial charge in [0.1, 0.15) is 19.1 Å². The van der Waals surface area contributed by atoms with Crippen LogP contribution in [-0.2, 0) is 23.9 Å². The standard InChI is InChI=1S/C33H37NO8/c1-4-28(24-11-7-5-8-12-24)31(25-13-9-6-10-14-25)26-15-17-27(18-16-26)41-20-19-34(2)23-42-30(36)22-33(39,32(37)38)21-29(35)40-3/h5-18,39H,4,19-23H2,1-3H3,(H,37,38)/b31-28-. The molecule has 42 heavy (non-hydrogen) atoms. The van der Waals surface area contributed by atoms with E-state index in [9.17, 15) is 24.6 Å². The van der Waals surface area contributed by atoms with Crippen LogP contribution in [0.25, 0.3) is 11.1 Å². The van der Waals surface area contributed by atoms with Crippen molar-refractivity contribution in [3.63, 3.8) is 0 Å². The highest BCUT2D eigenvalue weighted by Crippen LogP contribution is 2.34. The number of carbonyl (C=O) groups excluding carboxylic acids is 2. The highest BCUT2D eigenvalue weighted by atomic mass is 16.5. The average Bonchev–Trinajstić information content (AvgIpc) is 3.00. The Labute approximate surface area is 246 Å². The first-order chi connectivity index (χ1) is 20.2. The third-order valence-electron chi connectivity index (χ3n) is 6.67. The lowest BCUT2D eigenvalue weighted by molar-refractivity contribution is -0.173. The number of rotatable bonds is 15. The summed E-state index contributed by atoms with van der Waals surface area (Å²) in [5, 5.41) is 19.4. The summed E-state index contributed by atoms with van der Waals surface area (Å²) in [4.78, 5) is 36.6. The lowest BCUT2D eigenvalue weighted by Crippen LogP contribution is -2.43. The van der Waals surface area contributed by atoms with Gasteiger partial charge < -0.3 is 24.4 Å². The van der Waals surface area contributed by atoms with Crippen molar-refractivity contribution in [2.45, 2.75) is 31.8 Å². The van der Waals surface area contributed by atoms with Crippen molar-refractivity contribution in [3.05, 3.63) is 102 Å². The summed E-state index contributed by atoms with van der Waals surface area (Å²) in [6.07, 6.45) is -0.896. The van der Waals surface area contributed by atoms with Crippen molar-refractivity contribution in [1.29, 1.82) is 0 Å². The van der Waals surface area contributed by atoms with Gasteiger partial charge in [0.05, 0.1) is 20.0 Å². The van der Waals surface area contributed by atoms with E-state index in [1.807, 2.05) is 60.7 Å². The number of likely N-dealkylation sites (N-methyl/N-ethyl adjacent to an activating group) is 1. The predicted molar refractivity (Wildman–Crippen MR) is 158 cm³/mol. The van der Waals surface area contributed by atoms with Crippen LogP contribution in [0.1, 0.15) is 42.9 Å². The lowest BCUT2D eigenvalue weighted by Gasteiger charge is -2.22. The summed E-state index contributed by atoms with van der Waals surface area (Å²) >= 11 is 0. The summed E-state index contributed by atoms with van der Waals surface area (Å²) in [6.45, 7) is 2.72. The van der Waals surface area contributed by atoms with Gasteiger partial charge in [-0.3, -0.25) is 14.5 Å². The van der Waals surface area contributed by atoms with E-state index >= 15 is 0 Å². The molecule has 0 amide bonds. The quantitative estimate of drug-likeness (QED) is 0.152. The molecule has 0 bridgehead atoms. The Kier molecular flexibility index (Phi) is 11.8. The number of aliphatic hydroxyl groups is 1. The molecule has 0 aliphatic rings. The number of carboxylic acids is 1. The van der Waals surface area contributed by atoms with E-state index in [2.05, 4.69) is 35.9 Å². The Morgan fingerprint density at radius 1 is 0.810 bits per heavy atom. The Morgan fingerprint density at radius 2 is 1.36 bits per heavy atom. The molecule has 3 rings (SSSR count). The van der Waals surface area contributed by atoms with E-state index in [-0.39, 0.29) is 6.73 Å². The van der Waals surface area contributed by atoms with Gasteiger partial charge in [-0.1, -0.05) is 79.7 Å². The minimum Gasteiger partial charge on any atom is -0.492 e. The maximum Gasteiger partial charge on any atom is 0.336 e. The molecule has 9 heteroatoms. The second-order valence-electron chi connectivity index (χ2n) is 9.80. The highest BCUT2D eigenvalue weighted by molar-refractivity contribution is 5.98. The fourth-order valence-electron chi connectivity index (χ4n) is 4.38. The maximum atomic E-state index is 12.1. The van der Waals surface area contributed by atoms with Crippen LogP contribution in [0.15, 0.2) is 84.9 Å². The molecule has 0 saturated carbocycles. The van der Waals surface area contributed by atoms with E-state index in [4.69, 9.17) is 9.47 Å². The number of carboxylic acid groups (broad SMARTS) is 1. The van der Waals surface area contributed by atoms with Gasteiger partial charge >= 0.3 is 17.9 Å². The molecule has 1 unspecified atom stereocenters. The van der Waals surface area contributed by atoms with Crippen molar-refractivity contribution in [1.82, 2.24) is 4.90 Å². The van der Waals surface area contributed by atoms with Gasteiger partial charge in [-0.15, -0.1) is 0 Å². The van der Waals surface area contributed by atoms with Crippen LogP contribution in [-0.4, -0.2) is 72.7 Å². The normalized spacial score (nSPS) is 13.1. The number of hydrogen-bond acceptors (Lipinski definition) is 8. The van der Waals surface area contributed by atoms with Crippen LogP contribution in [0.5, 0.6) is 5.75 Å². The van der Waals surface area contributed by atoms with Gasteiger partial charge in [0.15, 0.2) is 5.60 Å². The van der Waals surface area contributed by atoms with Gasteiger partial charge in [-0.05, 0) is 53.4 Å². The number of methoxy groups -OCH3 is 1. The first-order valence-corrected chi connectivity index (χ1v) is 13.6. The highest BCUT2D eigenvalue weighted by Gasteiger charge is 2.41. The predicted octanol–water partition coefficient (Wildman–Crippen LogP) is 4.64. The number of allylic oxidation sites excluding steroid dienone is 1. The van der Waals surface area contributed by atoms with Crippen LogP contribution < -0.4 is 4.74 Å². The first kappa shape index (κ1) is 32.0. The number of carbonyl (C=O) groups is 3. The van der Waals surface area contributed by atoms with Gasteiger partial charge in [0, 0.05) is 6.54 Å². The zero-order valence-corrected chi connectivity index (χ0v) is 24.1. The van der Waals surface area contributed by atoms with Gasteiger partial charge in [-0.2, -0.15) is 0 Å². The summed E-state index contributed by atoms with van der Waals surface area (Å²) < 4.78 is 15.4. The van der Waals surface area contributed by atoms with E-state index in [0.29, 0.717) is 18.9 Å². The van der Waals surface area contributed by atoms with Crippen molar-refractivity contribution in [2.75, 3.05) is 34.0 Å². The molecule has 0 aliphatic heterocycles.